The zero-order chi connectivity index (χ0) is 15.6. The molecule has 4 heteroatoms. The van der Waals surface area contributed by atoms with Gasteiger partial charge in [0.05, 0.1) is 19.3 Å². The van der Waals surface area contributed by atoms with Gasteiger partial charge in [0.2, 0.25) is 0 Å². The van der Waals surface area contributed by atoms with Crippen LogP contribution in [0.3, 0.4) is 0 Å². The molecule has 4 nitrogen and oxygen atoms in total. The molecule has 0 bridgehead atoms. The first-order valence-electron chi connectivity index (χ1n) is 8.53. The minimum Gasteiger partial charge on any atom is -0.382 e. The van der Waals surface area contributed by atoms with E-state index in [2.05, 4.69) is 26.1 Å². The minimum atomic E-state index is 0.326. The molecule has 1 N–H and O–H groups in total. The van der Waals surface area contributed by atoms with Crippen molar-refractivity contribution in [2.75, 3.05) is 40.1 Å². The van der Waals surface area contributed by atoms with E-state index in [-0.39, 0.29) is 0 Å². The highest BCUT2D eigenvalue weighted by atomic mass is 16.5. The molecule has 21 heavy (non-hydrogen) atoms. The van der Waals surface area contributed by atoms with Gasteiger partial charge >= 0.3 is 0 Å². The Kier molecular flexibility index (Phi) is 9.49. The molecule has 1 rings (SSSR count). The molecule has 0 saturated heterocycles. The standard InChI is InChI=1S/C17H35NO3/c1-5-10-18-16-15(8-6-9-17(16,2)3)21-12-7-11-20-14-13-19-4/h15-16,18H,5-14H2,1-4H3. The number of rotatable bonds is 11. The summed E-state index contributed by atoms with van der Waals surface area (Å²) in [6.07, 6.45) is 6.21. The smallest absolute Gasteiger partial charge is 0.0733 e. The average molecular weight is 301 g/mol. The summed E-state index contributed by atoms with van der Waals surface area (Å²) in [7, 11) is 1.70. The first-order valence-corrected chi connectivity index (χ1v) is 8.53. The summed E-state index contributed by atoms with van der Waals surface area (Å²) in [5.41, 5.74) is 0.326. The lowest BCUT2D eigenvalue weighted by Gasteiger charge is -2.44. The van der Waals surface area contributed by atoms with Gasteiger partial charge in [-0.1, -0.05) is 27.2 Å². The zero-order valence-electron chi connectivity index (χ0n) is 14.5. The van der Waals surface area contributed by atoms with Gasteiger partial charge in [-0.3, -0.25) is 0 Å². The summed E-state index contributed by atoms with van der Waals surface area (Å²) in [6.45, 7) is 10.9. The van der Waals surface area contributed by atoms with Gasteiger partial charge in [0.15, 0.2) is 0 Å². The maximum atomic E-state index is 6.16. The summed E-state index contributed by atoms with van der Waals surface area (Å²) < 4.78 is 16.6. The second-order valence-corrected chi connectivity index (χ2v) is 6.68. The Morgan fingerprint density at radius 1 is 1.14 bits per heavy atom. The van der Waals surface area contributed by atoms with Gasteiger partial charge in [0.1, 0.15) is 0 Å². The Labute approximate surface area is 130 Å². The maximum Gasteiger partial charge on any atom is 0.0733 e. The van der Waals surface area contributed by atoms with Crippen LogP contribution in [0.1, 0.15) is 52.9 Å². The fourth-order valence-electron chi connectivity index (χ4n) is 3.11. The molecule has 0 spiro atoms. The van der Waals surface area contributed by atoms with Crippen molar-refractivity contribution in [3.63, 3.8) is 0 Å². The molecule has 2 unspecified atom stereocenters. The highest BCUT2D eigenvalue weighted by molar-refractivity contribution is 4.94. The van der Waals surface area contributed by atoms with Crippen LogP contribution in [0.2, 0.25) is 0 Å². The van der Waals surface area contributed by atoms with E-state index in [4.69, 9.17) is 14.2 Å². The van der Waals surface area contributed by atoms with E-state index < -0.39 is 0 Å². The van der Waals surface area contributed by atoms with E-state index in [0.29, 0.717) is 30.8 Å². The Morgan fingerprint density at radius 2 is 1.95 bits per heavy atom. The second-order valence-electron chi connectivity index (χ2n) is 6.68. The third-order valence-corrected chi connectivity index (χ3v) is 4.33. The van der Waals surface area contributed by atoms with Gasteiger partial charge in [0.25, 0.3) is 0 Å². The van der Waals surface area contributed by atoms with Crippen molar-refractivity contribution in [2.45, 2.75) is 65.0 Å². The van der Waals surface area contributed by atoms with Crippen LogP contribution in [0.5, 0.6) is 0 Å². The van der Waals surface area contributed by atoms with Crippen LogP contribution in [0.25, 0.3) is 0 Å². The first-order chi connectivity index (χ1) is 10.1. The van der Waals surface area contributed by atoms with Gasteiger partial charge in [0, 0.05) is 26.4 Å². The summed E-state index contributed by atoms with van der Waals surface area (Å²) in [5, 5.41) is 3.71. The lowest BCUT2D eigenvalue weighted by Crippen LogP contribution is -2.53. The van der Waals surface area contributed by atoms with Crippen molar-refractivity contribution in [3.8, 4) is 0 Å². The fourth-order valence-corrected chi connectivity index (χ4v) is 3.11. The molecule has 1 aliphatic carbocycles. The quantitative estimate of drug-likeness (QED) is 0.596. The Hall–Kier alpha value is -0.160. The van der Waals surface area contributed by atoms with Gasteiger partial charge in [-0.05, 0) is 37.6 Å². The highest BCUT2D eigenvalue weighted by Gasteiger charge is 2.38. The third-order valence-electron chi connectivity index (χ3n) is 4.33. The average Bonchev–Trinajstić information content (AvgIpc) is 2.45. The topological polar surface area (TPSA) is 39.7 Å². The number of ether oxygens (including phenoxy) is 3. The van der Waals surface area contributed by atoms with Crippen molar-refractivity contribution >= 4 is 0 Å². The normalized spacial score (nSPS) is 25.1. The lowest BCUT2D eigenvalue weighted by molar-refractivity contribution is -0.0439. The number of hydrogen-bond acceptors (Lipinski definition) is 4. The van der Waals surface area contributed by atoms with Crippen molar-refractivity contribution in [3.05, 3.63) is 0 Å². The number of hydrogen-bond donors (Lipinski definition) is 1. The van der Waals surface area contributed by atoms with E-state index in [0.717, 1.165) is 26.2 Å². The molecule has 1 saturated carbocycles. The third kappa shape index (κ3) is 7.09. The monoisotopic (exact) mass is 301 g/mol. The molecule has 0 aromatic rings. The van der Waals surface area contributed by atoms with Crippen LogP contribution in [0.4, 0.5) is 0 Å². The van der Waals surface area contributed by atoms with Gasteiger partial charge < -0.3 is 19.5 Å². The molecule has 0 aromatic carbocycles. The summed E-state index contributed by atoms with van der Waals surface area (Å²) >= 11 is 0. The largest absolute Gasteiger partial charge is 0.382 e. The van der Waals surface area contributed by atoms with Crippen molar-refractivity contribution in [1.82, 2.24) is 5.32 Å². The Bertz CT molecular complexity index is 258. The second kappa shape index (κ2) is 10.5. The molecule has 1 fully saturated rings. The SMILES string of the molecule is CCCNC1C(OCCCOCCOC)CCCC1(C)C. The maximum absolute atomic E-state index is 6.16. The molecule has 0 aromatic heterocycles. The molecular formula is C17H35NO3. The summed E-state index contributed by atoms with van der Waals surface area (Å²) in [6, 6.07) is 0.473. The molecule has 0 heterocycles. The van der Waals surface area contributed by atoms with E-state index in [1.807, 2.05) is 0 Å². The van der Waals surface area contributed by atoms with Crippen LogP contribution >= 0.6 is 0 Å². The number of nitrogens with one attached hydrogen (secondary N) is 1. The predicted octanol–water partition coefficient (Wildman–Crippen LogP) is 3.00. The first kappa shape index (κ1) is 18.9. The molecule has 0 aliphatic heterocycles. The van der Waals surface area contributed by atoms with E-state index >= 15 is 0 Å². The van der Waals surface area contributed by atoms with Crippen LogP contribution in [-0.2, 0) is 14.2 Å². The Morgan fingerprint density at radius 3 is 2.67 bits per heavy atom. The van der Waals surface area contributed by atoms with E-state index in [1.54, 1.807) is 7.11 Å². The zero-order valence-corrected chi connectivity index (χ0v) is 14.5. The van der Waals surface area contributed by atoms with Gasteiger partial charge in [-0.25, -0.2) is 0 Å². The Balaban J connectivity index is 2.26. The predicted molar refractivity (Wildman–Crippen MR) is 86.8 cm³/mol. The number of methoxy groups -OCH3 is 1. The minimum absolute atomic E-state index is 0.326. The van der Waals surface area contributed by atoms with E-state index in [9.17, 15) is 0 Å². The fraction of sp³-hybridized carbons (Fsp3) is 1.00. The molecule has 0 radical (unpaired) electrons. The van der Waals surface area contributed by atoms with Crippen LogP contribution in [0, 0.1) is 5.41 Å². The highest BCUT2D eigenvalue weighted by Crippen LogP contribution is 2.37. The molecule has 1 aliphatic rings. The van der Waals surface area contributed by atoms with E-state index in [1.165, 1.54) is 25.7 Å². The molecule has 2 atom stereocenters. The van der Waals surface area contributed by atoms with Gasteiger partial charge in [-0.15, -0.1) is 0 Å². The van der Waals surface area contributed by atoms with Crippen molar-refractivity contribution in [2.24, 2.45) is 5.41 Å². The van der Waals surface area contributed by atoms with Crippen molar-refractivity contribution in [1.29, 1.82) is 0 Å². The molecule has 126 valence electrons. The molecule has 0 amide bonds. The summed E-state index contributed by atoms with van der Waals surface area (Å²) in [5.74, 6) is 0. The van der Waals surface area contributed by atoms with Crippen LogP contribution in [-0.4, -0.2) is 52.2 Å². The van der Waals surface area contributed by atoms with Crippen molar-refractivity contribution < 1.29 is 14.2 Å². The van der Waals surface area contributed by atoms with Gasteiger partial charge in [-0.2, -0.15) is 0 Å². The molecular weight excluding hydrogens is 266 g/mol. The van der Waals surface area contributed by atoms with Crippen LogP contribution < -0.4 is 5.32 Å². The summed E-state index contributed by atoms with van der Waals surface area (Å²) in [4.78, 5) is 0. The van der Waals surface area contributed by atoms with Crippen LogP contribution in [0.15, 0.2) is 0 Å². The lowest BCUT2D eigenvalue weighted by atomic mass is 9.71.